The molecular weight excluding hydrogens is 456 g/mol. The lowest BCUT2D eigenvalue weighted by Gasteiger charge is -2.32. The Hall–Kier alpha value is -2.57. The van der Waals surface area contributed by atoms with Crippen LogP contribution in [0.25, 0.3) is 0 Å². The van der Waals surface area contributed by atoms with Gasteiger partial charge in [-0.2, -0.15) is 0 Å². The van der Waals surface area contributed by atoms with E-state index in [0.29, 0.717) is 23.6 Å². The maximum Gasteiger partial charge on any atom is 0.410 e. The SMILES string of the molecule is CC(C)(C)OC(=O)COc1ccc(C2CCC(/N=C/C3CCN(C(=O)OC(C)(C)C)CC3)CC2)cc1. The van der Waals surface area contributed by atoms with Gasteiger partial charge in [-0.25, -0.2) is 9.59 Å². The van der Waals surface area contributed by atoms with Gasteiger partial charge in [0, 0.05) is 25.3 Å². The van der Waals surface area contributed by atoms with E-state index < -0.39 is 11.2 Å². The number of amides is 1. The first kappa shape index (κ1) is 28.0. The lowest BCUT2D eigenvalue weighted by Crippen LogP contribution is -2.42. The molecule has 0 radical (unpaired) electrons. The van der Waals surface area contributed by atoms with Crippen LogP contribution in [-0.4, -0.2) is 60.1 Å². The van der Waals surface area contributed by atoms with Gasteiger partial charge in [0.2, 0.25) is 0 Å². The molecule has 1 heterocycles. The topological polar surface area (TPSA) is 77.4 Å². The van der Waals surface area contributed by atoms with Crippen LogP contribution in [0.3, 0.4) is 0 Å². The van der Waals surface area contributed by atoms with E-state index in [9.17, 15) is 9.59 Å². The summed E-state index contributed by atoms with van der Waals surface area (Å²) in [7, 11) is 0. The Morgan fingerprint density at radius 2 is 1.47 bits per heavy atom. The molecule has 1 aromatic carbocycles. The molecule has 0 N–H and O–H groups in total. The Morgan fingerprint density at radius 3 is 2.03 bits per heavy atom. The van der Waals surface area contributed by atoms with Gasteiger partial charge in [0.1, 0.15) is 17.0 Å². The van der Waals surface area contributed by atoms with E-state index >= 15 is 0 Å². The summed E-state index contributed by atoms with van der Waals surface area (Å²) in [5, 5.41) is 0. The Balaban J connectivity index is 1.37. The smallest absolute Gasteiger partial charge is 0.410 e. The van der Waals surface area contributed by atoms with Crippen LogP contribution in [0.2, 0.25) is 0 Å². The minimum Gasteiger partial charge on any atom is -0.482 e. The van der Waals surface area contributed by atoms with Crippen molar-refractivity contribution >= 4 is 18.3 Å². The number of rotatable bonds is 6. The molecule has 3 rings (SSSR count). The summed E-state index contributed by atoms with van der Waals surface area (Å²) in [6.07, 6.45) is 8.26. The first-order chi connectivity index (χ1) is 16.9. The maximum absolute atomic E-state index is 12.2. The Bertz CT molecular complexity index is 882. The van der Waals surface area contributed by atoms with Crippen molar-refractivity contribution < 1.29 is 23.8 Å². The van der Waals surface area contributed by atoms with Gasteiger partial charge in [-0.3, -0.25) is 4.99 Å². The van der Waals surface area contributed by atoms with Gasteiger partial charge in [-0.05, 0) is 110 Å². The van der Waals surface area contributed by atoms with E-state index in [2.05, 4.69) is 18.3 Å². The van der Waals surface area contributed by atoms with E-state index in [1.54, 1.807) is 0 Å². The van der Waals surface area contributed by atoms with Crippen LogP contribution in [0, 0.1) is 5.92 Å². The van der Waals surface area contributed by atoms with Crippen LogP contribution in [-0.2, 0) is 14.3 Å². The fraction of sp³-hybridized carbons (Fsp3) is 0.690. The van der Waals surface area contributed by atoms with Crippen LogP contribution in [0.4, 0.5) is 4.79 Å². The molecule has 2 aliphatic rings. The number of hydrogen-bond donors (Lipinski definition) is 0. The van der Waals surface area contributed by atoms with Gasteiger partial charge in [0.05, 0.1) is 0 Å². The average molecular weight is 501 g/mol. The third kappa shape index (κ3) is 9.47. The van der Waals surface area contributed by atoms with Crippen LogP contribution in [0.15, 0.2) is 29.3 Å². The number of piperidine rings is 1. The van der Waals surface area contributed by atoms with E-state index in [1.165, 1.54) is 5.56 Å². The minimum absolute atomic E-state index is 0.0836. The van der Waals surface area contributed by atoms with Crippen LogP contribution in [0.5, 0.6) is 5.75 Å². The average Bonchev–Trinajstić information content (AvgIpc) is 2.80. The van der Waals surface area contributed by atoms with Gasteiger partial charge >= 0.3 is 12.1 Å². The van der Waals surface area contributed by atoms with Crippen molar-refractivity contribution in [3.8, 4) is 5.75 Å². The summed E-state index contributed by atoms with van der Waals surface area (Å²) in [4.78, 5) is 30.8. The highest BCUT2D eigenvalue weighted by Crippen LogP contribution is 2.35. The van der Waals surface area contributed by atoms with Gasteiger partial charge in [0.15, 0.2) is 6.61 Å². The monoisotopic (exact) mass is 500 g/mol. The highest BCUT2D eigenvalue weighted by Gasteiger charge is 2.27. The predicted octanol–water partition coefficient (Wildman–Crippen LogP) is 6.15. The van der Waals surface area contributed by atoms with Gasteiger partial charge in [-0.1, -0.05) is 12.1 Å². The van der Waals surface area contributed by atoms with Crippen LogP contribution >= 0.6 is 0 Å². The third-order valence-corrected chi connectivity index (χ3v) is 6.52. The standard InChI is InChI=1S/C29H44N2O5/c1-28(2,3)35-26(32)20-34-25-13-9-23(10-14-25)22-7-11-24(12-8-22)30-19-21-15-17-31(18-16-21)27(33)36-29(4,5)6/h9-10,13-14,19,21-22,24H,7-8,11-12,15-18,20H2,1-6H3/b30-19+. The third-order valence-electron chi connectivity index (χ3n) is 6.52. The predicted molar refractivity (Wildman–Crippen MR) is 142 cm³/mol. The highest BCUT2D eigenvalue weighted by molar-refractivity contribution is 5.71. The van der Waals surface area contributed by atoms with Crippen molar-refractivity contribution in [2.75, 3.05) is 19.7 Å². The highest BCUT2D eigenvalue weighted by atomic mass is 16.6. The quantitative estimate of drug-likeness (QED) is 0.346. The zero-order chi connectivity index (χ0) is 26.3. The summed E-state index contributed by atoms with van der Waals surface area (Å²) in [5.74, 6) is 1.29. The minimum atomic E-state index is -0.507. The summed E-state index contributed by atoms with van der Waals surface area (Å²) >= 11 is 0. The maximum atomic E-state index is 12.2. The molecule has 0 spiro atoms. The first-order valence-corrected chi connectivity index (χ1v) is 13.3. The summed E-state index contributed by atoms with van der Waals surface area (Å²) in [6.45, 7) is 12.6. The number of hydrogen-bond acceptors (Lipinski definition) is 6. The lowest BCUT2D eigenvalue weighted by atomic mass is 9.82. The fourth-order valence-electron chi connectivity index (χ4n) is 4.71. The summed E-state index contributed by atoms with van der Waals surface area (Å²) in [5.41, 5.74) is 0.356. The van der Waals surface area contributed by atoms with Crippen molar-refractivity contribution in [1.29, 1.82) is 0 Å². The van der Waals surface area contributed by atoms with Crippen molar-refractivity contribution in [3.63, 3.8) is 0 Å². The number of likely N-dealkylation sites (tertiary alicyclic amines) is 1. The summed E-state index contributed by atoms with van der Waals surface area (Å²) < 4.78 is 16.3. The number of benzene rings is 1. The summed E-state index contributed by atoms with van der Waals surface area (Å²) in [6, 6.07) is 8.48. The van der Waals surface area contributed by atoms with Crippen molar-refractivity contribution in [3.05, 3.63) is 29.8 Å². The van der Waals surface area contributed by atoms with Crippen LogP contribution < -0.4 is 4.74 Å². The molecule has 36 heavy (non-hydrogen) atoms. The van der Waals surface area contributed by atoms with Crippen LogP contribution in [0.1, 0.15) is 91.5 Å². The molecule has 2 fully saturated rings. The molecule has 1 aliphatic carbocycles. The molecular formula is C29H44N2O5. The normalized spacial score (nSPS) is 21.9. The first-order valence-electron chi connectivity index (χ1n) is 13.3. The molecule has 1 aliphatic heterocycles. The Kier molecular flexibility index (Phi) is 9.42. The van der Waals surface area contributed by atoms with Gasteiger partial charge in [-0.15, -0.1) is 0 Å². The van der Waals surface area contributed by atoms with Crippen molar-refractivity contribution in [2.45, 2.75) is 103 Å². The number of carbonyl (C=O) groups is 2. The molecule has 7 nitrogen and oxygen atoms in total. The second-order valence-electron chi connectivity index (χ2n) is 12.1. The molecule has 1 saturated carbocycles. The number of carbonyl (C=O) groups excluding carboxylic acids is 2. The van der Waals surface area contributed by atoms with E-state index in [-0.39, 0.29) is 18.7 Å². The van der Waals surface area contributed by atoms with E-state index in [4.69, 9.17) is 19.2 Å². The number of nitrogens with zero attached hydrogens (tertiary/aromatic N) is 2. The number of ether oxygens (including phenoxy) is 3. The molecule has 1 aromatic rings. The molecule has 0 atom stereocenters. The molecule has 0 bridgehead atoms. The molecule has 1 amide bonds. The molecule has 1 saturated heterocycles. The van der Waals surface area contributed by atoms with E-state index in [0.717, 1.165) is 51.6 Å². The zero-order valence-corrected chi connectivity index (χ0v) is 22.9. The second kappa shape index (κ2) is 12.1. The molecule has 0 unspecified atom stereocenters. The van der Waals surface area contributed by atoms with Gasteiger partial charge < -0.3 is 19.1 Å². The largest absolute Gasteiger partial charge is 0.482 e. The Morgan fingerprint density at radius 1 is 0.889 bits per heavy atom. The van der Waals surface area contributed by atoms with Gasteiger partial charge in [0.25, 0.3) is 0 Å². The molecule has 200 valence electrons. The number of aliphatic imine (C=N–C) groups is 1. The zero-order valence-electron chi connectivity index (χ0n) is 22.9. The number of esters is 1. The Labute approximate surface area is 216 Å². The van der Waals surface area contributed by atoms with E-state index in [1.807, 2.05) is 58.6 Å². The van der Waals surface area contributed by atoms with Crippen molar-refractivity contribution in [1.82, 2.24) is 4.90 Å². The molecule has 7 heteroatoms. The lowest BCUT2D eigenvalue weighted by molar-refractivity contribution is -0.157. The van der Waals surface area contributed by atoms with Crippen molar-refractivity contribution in [2.24, 2.45) is 10.9 Å². The second-order valence-corrected chi connectivity index (χ2v) is 12.1. The fourth-order valence-corrected chi connectivity index (χ4v) is 4.71. The molecule has 0 aromatic heterocycles.